The molecule has 0 aliphatic carbocycles. The summed E-state index contributed by atoms with van der Waals surface area (Å²) in [6.07, 6.45) is 7.97. The number of hydrogen-bond donors (Lipinski definition) is 1. The molecule has 1 aliphatic heterocycles. The van der Waals surface area contributed by atoms with Gasteiger partial charge in [-0.05, 0) is 56.0 Å². The molecule has 1 aromatic heterocycles. The van der Waals surface area contributed by atoms with Crippen LogP contribution in [0.25, 0.3) is 0 Å². The van der Waals surface area contributed by atoms with Crippen LogP contribution in [0, 0.1) is 5.92 Å². The number of hydrogen-bond acceptors (Lipinski definition) is 4. The molecule has 2 atom stereocenters. The van der Waals surface area contributed by atoms with Crippen LogP contribution in [-0.4, -0.2) is 66.6 Å². The standard InChI is InChI=1S/C17H28N4OS/c1-20-10-7-15(16(20)14-6-4-8-18-12-14)13-21(2)17(22)19-9-5-11-23-3/h4,6,8,12,15-16H,5,7,9-11,13H2,1-3H3,(H,19,22)/t15-,16-/m0/s1. The third-order valence-electron chi connectivity index (χ3n) is 4.46. The number of carbonyl (C=O) groups is 1. The van der Waals surface area contributed by atoms with Gasteiger partial charge in [0, 0.05) is 38.6 Å². The van der Waals surface area contributed by atoms with Crippen LogP contribution in [0.4, 0.5) is 4.79 Å². The lowest BCUT2D eigenvalue weighted by Gasteiger charge is -2.28. The van der Waals surface area contributed by atoms with Crippen LogP contribution in [0.3, 0.4) is 0 Å². The Morgan fingerprint density at radius 3 is 3.09 bits per heavy atom. The first kappa shape index (κ1) is 18.1. The van der Waals surface area contributed by atoms with Crippen LogP contribution in [0.2, 0.25) is 0 Å². The molecule has 0 aromatic carbocycles. The first-order chi connectivity index (χ1) is 11.1. The largest absolute Gasteiger partial charge is 0.338 e. The molecule has 2 amide bonds. The average Bonchev–Trinajstić information content (AvgIpc) is 2.92. The number of urea groups is 1. The number of carbonyl (C=O) groups excluding carboxylic acids is 1. The maximum Gasteiger partial charge on any atom is 0.317 e. The van der Waals surface area contributed by atoms with Gasteiger partial charge in [0.2, 0.25) is 0 Å². The molecule has 1 N–H and O–H groups in total. The van der Waals surface area contributed by atoms with Gasteiger partial charge in [-0.15, -0.1) is 0 Å². The molecular formula is C17H28N4OS. The maximum absolute atomic E-state index is 12.2. The SMILES string of the molecule is CSCCCNC(=O)N(C)C[C@@H]1CCN(C)[C@H]1c1cccnc1. The quantitative estimate of drug-likeness (QED) is 0.777. The van der Waals surface area contributed by atoms with Crippen molar-refractivity contribution in [1.82, 2.24) is 20.1 Å². The summed E-state index contributed by atoms with van der Waals surface area (Å²) in [5, 5.41) is 3.00. The third-order valence-corrected chi connectivity index (χ3v) is 5.15. The second-order valence-electron chi connectivity index (χ2n) is 6.22. The highest BCUT2D eigenvalue weighted by molar-refractivity contribution is 7.98. The van der Waals surface area contributed by atoms with E-state index in [9.17, 15) is 4.79 Å². The molecule has 0 spiro atoms. The summed E-state index contributed by atoms with van der Waals surface area (Å²) in [6, 6.07) is 4.50. The average molecular weight is 337 g/mol. The van der Waals surface area contributed by atoms with Gasteiger partial charge in [0.15, 0.2) is 0 Å². The van der Waals surface area contributed by atoms with Gasteiger partial charge in [-0.25, -0.2) is 4.79 Å². The summed E-state index contributed by atoms with van der Waals surface area (Å²) in [5.74, 6) is 1.53. The van der Waals surface area contributed by atoms with Crippen molar-refractivity contribution >= 4 is 17.8 Å². The minimum absolute atomic E-state index is 0.0330. The third kappa shape index (κ3) is 5.11. The minimum atomic E-state index is 0.0330. The molecule has 0 unspecified atom stereocenters. The fraction of sp³-hybridized carbons (Fsp3) is 0.647. The first-order valence-electron chi connectivity index (χ1n) is 8.21. The Morgan fingerprint density at radius 1 is 1.57 bits per heavy atom. The van der Waals surface area contributed by atoms with Gasteiger partial charge in [0.25, 0.3) is 0 Å². The Kier molecular flexibility index (Phi) is 7.17. The van der Waals surface area contributed by atoms with E-state index >= 15 is 0 Å². The first-order valence-corrected chi connectivity index (χ1v) is 9.61. The highest BCUT2D eigenvalue weighted by Gasteiger charge is 2.34. The monoisotopic (exact) mass is 336 g/mol. The Bertz CT molecular complexity index is 485. The summed E-state index contributed by atoms with van der Waals surface area (Å²) in [7, 11) is 4.04. The molecule has 2 heterocycles. The van der Waals surface area contributed by atoms with Crippen molar-refractivity contribution in [2.24, 2.45) is 5.92 Å². The van der Waals surface area contributed by atoms with Crippen LogP contribution < -0.4 is 5.32 Å². The van der Waals surface area contributed by atoms with E-state index in [0.717, 1.165) is 38.2 Å². The number of aromatic nitrogens is 1. The zero-order valence-corrected chi connectivity index (χ0v) is 15.2. The highest BCUT2D eigenvalue weighted by Crippen LogP contribution is 2.35. The lowest BCUT2D eigenvalue weighted by Crippen LogP contribution is -2.41. The molecular weight excluding hydrogens is 308 g/mol. The van der Waals surface area contributed by atoms with Crippen LogP contribution in [0.15, 0.2) is 24.5 Å². The van der Waals surface area contributed by atoms with Gasteiger partial charge >= 0.3 is 6.03 Å². The second-order valence-corrected chi connectivity index (χ2v) is 7.20. The van der Waals surface area contributed by atoms with Crippen molar-refractivity contribution < 1.29 is 4.79 Å². The molecule has 1 saturated heterocycles. The molecule has 0 radical (unpaired) electrons. The van der Waals surface area contributed by atoms with Crippen molar-refractivity contribution in [3.05, 3.63) is 30.1 Å². The molecule has 6 heteroatoms. The molecule has 2 rings (SSSR count). The summed E-state index contributed by atoms with van der Waals surface area (Å²) >= 11 is 1.81. The topological polar surface area (TPSA) is 48.5 Å². The lowest BCUT2D eigenvalue weighted by molar-refractivity contribution is 0.189. The number of rotatable bonds is 7. The number of nitrogens with zero attached hydrogens (tertiary/aromatic N) is 3. The van der Waals surface area contributed by atoms with E-state index in [4.69, 9.17) is 0 Å². The van der Waals surface area contributed by atoms with E-state index < -0.39 is 0 Å². The van der Waals surface area contributed by atoms with Gasteiger partial charge in [0.1, 0.15) is 0 Å². The second kappa shape index (κ2) is 9.13. The Balaban J connectivity index is 1.89. The fourth-order valence-corrected chi connectivity index (χ4v) is 3.71. The van der Waals surface area contributed by atoms with Crippen LogP contribution in [-0.2, 0) is 0 Å². The summed E-state index contributed by atoms with van der Waals surface area (Å²) in [6.45, 7) is 2.59. The molecule has 128 valence electrons. The van der Waals surface area contributed by atoms with E-state index in [0.29, 0.717) is 12.0 Å². The zero-order chi connectivity index (χ0) is 16.7. The van der Waals surface area contributed by atoms with Gasteiger partial charge in [-0.2, -0.15) is 11.8 Å². The Hall–Kier alpha value is -1.27. The molecule has 0 bridgehead atoms. The number of amides is 2. The van der Waals surface area contributed by atoms with Crippen molar-refractivity contribution in [2.75, 3.05) is 45.7 Å². The van der Waals surface area contributed by atoms with E-state index in [2.05, 4.69) is 34.6 Å². The number of pyridine rings is 1. The number of likely N-dealkylation sites (tertiary alicyclic amines) is 1. The summed E-state index contributed by atoms with van der Waals surface area (Å²) in [4.78, 5) is 20.6. The Morgan fingerprint density at radius 2 is 2.39 bits per heavy atom. The van der Waals surface area contributed by atoms with E-state index in [-0.39, 0.29) is 6.03 Å². The summed E-state index contributed by atoms with van der Waals surface area (Å²) in [5.41, 5.74) is 1.24. The van der Waals surface area contributed by atoms with Gasteiger partial charge < -0.3 is 10.2 Å². The minimum Gasteiger partial charge on any atom is -0.338 e. The van der Waals surface area contributed by atoms with Gasteiger partial charge in [-0.1, -0.05) is 6.07 Å². The molecule has 1 fully saturated rings. The van der Waals surface area contributed by atoms with Crippen molar-refractivity contribution in [3.8, 4) is 0 Å². The highest BCUT2D eigenvalue weighted by atomic mass is 32.2. The fourth-order valence-electron chi connectivity index (χ4n) is 3.28. The summed E-state index contributed by atoms with van der Waals surface area (Å²) < 4.78 is 0. The predicted octanol–water partition coefficient (Wildman–Crippen LogP) is 2.47. The molecule has 0 saturated carbocycles. The molecule has 1 aliphatic rings. The van der Waals surface area contributed by atoms with E-state index in [1.165, 1.54) is 5.56 Å². The van der Waals surface area contributed by atoms with Crippen LogP contribution in [0.1, 0.15) is 24.4 Å². The van der Waals surface area contributed by atoms with Crippen molar-refractivity contribution in [2.45, 2.75) is 18.9 Å². The molecule has 1 aromatic rings. The zero-order valence-electron chi connectivity index (χ0n) is 14.4. The van der Waals surface area contributed by atoms with Crippen molar-refractivity contribution in [3.63, 3.8) is 0 Å². The van der Waals surface area contributed by atoms with E-state index in [1.54, 1.807) is 0 Å². The predicted molar refractivity (Wildman–Crippen MR) is 96.7 cm³/mol. The number of thioether (sulfide) groups is 1. The lowest BCUT2D eigenvalue weighted by atomic mass is 9.94. The maximum atomic E-state index is 12.2. The van der Waals surface area contributed by atoms with Gasteiger partial charge in [-0.3, -0.25) is 9.88 Å². The normalized spacial score (nSPS) is 21.3. The smallest absolute Gasteiger partial charge is 0.317 e. The van der Waals surface area contributed by atoms with Crippen LogP contribution >= 0.6 is 11.8 Å². The van der Waals surface area contributed by atoms with E-state index in [1.807, 2.05) is 42.2 Å². The van der Waals surface area contributed by atoms with Gasteiger partial charge in [0.05, 0.1) is 0 Å². The number of nitrogens with one attached hydrogen (secondary N) is 1. The Labute approximate surface area is 143 Å². The van der Waals surface area contributed by atoms with Crippen molar-refractivity contribution in [1.29, 1.82) is 0 Å². The van der Waals surface area contributed by atoms with Crippen LogP contribution in [0.5, 0.6) is 0 Å². The molecule has 5 nitrogen and oxygen atoms in total. The molecule has 23 heavy (non-hydrogen) atoms.